The Balaban J connectivity index is 2.37. The molecule has 0 amide bonds. The normalized spacial score (nSPS) is 32.4. The van der Waals surface area contributed by atoms with E-state index < -0.39 is 30.0 Å². The Morgan fingerprint density at radius 2 is 2.06 bits per heavy atom. The van der Waals surface area contributed by atoms with Gasteiger partial charge in [-0.05, 0) is 6.92 Å². The van der Waals surface area contributed by atoms with Gasteiger partial charge in [0.1, 0.15) is 41.6 Å². The van der Waals surface area contributed by atoms with E-state index in [1.165, 1.54) is 6.92 Å². The summed E-state index contributed by atoms with van der Waals surface area (Å²) in [5, 5.41) is 28.7. The van der Waals surface area contributed by atoms with Gasteiger partial charge in [-0.15, -0.1) is 0 Å². The number of hydrogen-bond acceptors (Lipinski definition) is 7. The SMILES string of the molecule is Cc1nc([C@@H]2OC[C@@H](O)[C@@H](O)[C@H]2O)c(N)[nH]c1=O. The van der Waals surface area contributed by atoms with E-state index in [2.05, 4.69) is 9.97 Å². The van der Waals surface area contributed by atoms with E-state index in [1.807, 2.05) is 0 Å². The number of nitrogens with one attached hydrogen (secondary N) is 1. The molecule has 0 saturated carbocycles. The maximum atomic E-state index is 11.3. The molecule has 0 spiro atoms. The molecule has 8 nitrogen and oxygen atoms in total. The molecule has 18 heavy (non-hydrogen) atoms. The van der Waals surface area contributed by atoms with Crippen molar-refractivity contribution in [3.05, 3.63) is 21.7 Å². The van der Waals surface area contributed by atoms with E-state index in [4.69, 9.17) is 10.5 Å². The van der Waals surface area contributed by atoms with Crippen LogP contribution in [0.15, 0.2) is 4.79 Å². The maximum absolute atomic E-state index is 11.3. The van der Waals surface area contributed by atoms with Gasteiger partial charge in [0.15, 0.2) is 0 Å². The van der Waals surface area contributed by atoms with Gasteiger partial charge in [0.25, 0.3) is 5.56 Å². The summed E-state index contributed by atoms with van der Waals surface area (Å²) in [6.07, 6.45) is -4.87. The molecule has 0 bridgehead atoms. The van der Waals surface area contributed by atoms with Crippen molar-refractivity contribution < 1.29 is 20.1 Å². The second-order valence-electron chi connectivity index (χ2n) is 4.25. The highest BCUT2D eigenvalue weighted by Gasteiger charge is 2.40. The minimum absolute atomic E-state index is 0.0294. The summed E-state index contributed by atoms with van der Waals surface area (Å²) in [5.41, 5.74) is 5.50. The molecule has 1 aliphatic rings. The van der Waals surface area contributed by atoms with E-state index in [-0.39, 0.29) is 23.8 Å². The van der Waals surface area contributed by atoms with Crippen LogP contribution in [-0.4, -0.2) is 50.2 Å². The van der Waals surface area contributed by atoms with Crippen molar-refractivity contribution in [1.82, 2.24) is 9.97 Å². The van der Waals surface area contributed by atoms with Gasteiger partial charge >= 0.3 is 0 Å². The number of ether oxygens (including phenoxy) is 1. The molecule has 100 valence electrons. The van der Waals surface area contributed by atoms with Crippen LogP contribution in [0.5, 0.6) is 0 Å². The number of anilines is 1. The summed E-state index contributed by atoms with van der Waals surface area (Å²) < 4.78 is 5.21. The average Bonchev–Trinajstić information content (AvgIpc) is 2.32. The van der Waals surface area contributed by atoms with Crippen molar-refractivity contribution in [2.75, 3.05) is 12.3 Å². The third kappa shape index (κ3) is 2.10. The first kappa shape index (κ1) is 13.0. The van der Waals surface area contributed by atoms with Crippen LogP contribution >= 0.6 is 0 Å². The van der Waals surface area contributed by atoms with Gasteiger partial charge in [-0.25, -0.2) is 4.98 Å². The molecule has 0 radical (unpaired) electrons. The molecule has 8 heteroatoms. The molecule has 1 saturated heterocycles. The highest BCUT2D eigenvalue weighted by molar-refractivity contribution is 5.37. The van der Waals surface area contributed by atoms with Crippen LogP contribution < -0.4 is 11.3 Å². The number of nitrogens with two attached hydrogens (primary N) is 1. The molecule has 4 atom stereocenters. The van der Waals surface area contributed by atoms with Gasteiger partial charge in [-0.1, -0.05) is 0 Å². The number of aryl methyl sites for hydroxylation is 1. The third-order valence-electron chi connectivity index (χ3n) is 2.91. The molecule has 2 rings (SSSR count). The molecule has 0 aromatic carbocycles. The Bertz CT molecular complexity index is 503. The second kappa shape index (κ2) is 4.65. The standard InChI is InChI=1S/C10H15N3O5/c1-3-10(17)13-9(11)5(12-3)8-7(16)6(15)4(14)2-18-8/h4,6-8,14-16H,2H2,1H3,(H3,11,13,17)/t4-,6-,7-,8+/m1/s1. The molecule has 0 aliphatic carbocycles. The Morgan fingerprint density at radius 1 is 1.39 bits per heavy atom. The molecule has 1 aromatic rings. The van der Waals surface area contributed by atoms with Gasteiger partial charge in [-0.3, -0.25) is 4.79 Å². The molecular formula is C10H15N3O5. The fraction of sp³-hybridized carbons (Fsp3) is 0.600. The lowest BCUT2D eigenvalue weighted by atomic mass is 9.97. The Kier molecular flexibility index (Phi) is 3.35. The van der Waals surface area contributed by atoms with Crippen molar-refractivity contribution in [2.45, 2.75) is 31.3 Å². The number of aromatic amines is 1. The minimum atomic E-state index is -1.37. The van der Waals surface area contributed by atoms with E-state index in [0.29, 0.717) is 0 Å². The van der Waals surface area contributed by atoms with E-state index in [0.717, 1.165) is 0 Å². The first-order valence-electron chi connectivity index (χ1n) is 5.44. The lowest BCUT2D eigenvalue weighted by molar-refractivity contribution is -0.190. The van der Waals surface area contributed by atoms with Gasteiger partial charge in [0.05, 0.1) is 6.61 Å². The lowest BCUT2D eigenvalue weighted by Gasteiger charge is -2.35. The molecule has 1 aromatic heterocycles. The Hall–Kier alpha value is -1.48. The van der Waals surface area contributed by atoms with Crippen LogP contribution in [0.2, 0.25) is 0 Å². The number of aliphatic hydroxyl groups is 3. The van der Waals surface area contributed by atoms with Crippen molar-refractivity contribution in [3.63, 3.8) is 0 Å². The summed E-state index contributed by atoms with van der Waals surface area (Å²) >= 11 is 0. The van der Waals surface area contributed by atoms with Gasteiger partial charge in [0.2, 0.25) is 0 Å². The summed E-state index contributed by atoms with van der Waals surface area (Å²) in [6.45, 7) is 1.34. The fourth-order valence-corrected chi connectivity index (χ4v) is 1.83. The van der Waals surface area contributed by atoms with Crippen LogP contribution in [0, 0.1) is 6.92 Å². The fourth-order valence-electron chi connectivity index (χ4n) is 1.83. The monoisotopic (exact) mass is 257 g/mol. The third-order valence-corrected chi connectivity index (χ3v) is 2.91. The summed E-state index contributed by atoms with van der Waals surface area (Å²) in [6, 6.07) is 0. The Labute approximate surface area is 102 Å². The van der Waals surface area contributed by atoms with Gasteiger partial charge < -0.3 is 30.8 Å². The molecular weight excluding hydrogens is 242 g/mol. The van der Waals surface area contributed by atoms with Crippen LogP contribution in [0.3, 0.4) is 0 Å². The average molecular weight is 257 g/mol. The lowest BCUT2D eigenvalue weighted by Crippen LogP contribution is -2.49. The smallest absolute Gasteiger partial charge is 0.270 e. The highest BCUT2D eigenvalue weighted by Crippen LogP contribution is 2.29. The van der Waals surface area contributed by atoms with Crippen LogP contribution in [0.25, 0.3) is 0 Å². The first-order valence-corrected chi connectivity index (χ1v) is 5.44. The van der Waals surface area contributed by atoms with Gasteiger partial charge in [0, 0.05) is 0 Å². The minimum Gasteiger partial charge on any atom is -0.388 e. The summed E-state index contributed by atoms with van der Waals surface area (Å²) in [4.78, 5) is 17.6. The predicted octanol–water partition coefficient (Wildman–Crippen LogP) is -2.19. The molecule has 0 unspecified atom stereocenters. The zero-order valence-corrected chi connectivity index (χ0v) is 9.70. The molecule has 2 heterocycles. The zero-order valence-electron chi connectivity index (χ0n) is 9.70. The van der Waals surface area contributed by atoms with Crippen molar-refractivity contribution in [1.29, 1.82) is 0 Å². The number of nitrogen functional groups attached to an aromatic ring is 1. The summed E-state index contributed by atoms with van der Waals surface area (Å²) in [7, 11) is 0. The quantitative estimate of drug-likeness (QED) is 0.385. The molecule has 1 fully saturated rings. The van der Waals surface area contributed by atoms with Crippen molar-refractivity contribution in [3.8, 4) is 0 Å². The van der Waals surface area contributed by atoms with Crippen molar-refractivity contribution in [2.24, 2.45) is 0 Å². The number of aromatic nitrogens is 2. The number of aliphatic hydroxyl groups excluding tert-OH is 3. The predicted molar refractivity (Wildman–Crippen MR) is 60.7 cm³/mol. The largest absolute Gasteiger partial charge is 0.388 e. The number of H-pyrrole nitrogens is 1. The zero-order chi connectivity index (χ0) is 13.4. The molecule has 6 N–H and O–H groups in total. The summed E-state index contributed by atoms with van der Waals surface area (Å²) in [5.74, 6) is -0.0294. The van der Waals surface area contributed by atoms with Gasteiger partial charge in [-0.2, -0.15) is 0 Å². The topological polar surface area (TPSA) is 142 Å². The first-order chi connectivity index (χ1) is 8.41. The highest BCUT2D eigenvalue weighted by atomic mass is 16.5. The van der Waals surface area contributed by atoms with E-state index in [1.54, 1.807) is 0 Å². The maximum Gasteiger partial charge on any atom is 0.270 e. The Morgan fingerprint density at radius 3 is 2.72 bits per heavy atom. The van der Waals surface area contributed by atoms with Crippen LogP contribution in [0.4, 0.5) is 5.82 Å². The van der Waals surface area contributed by atoms with E-state index >= 15 is 0 Å². The van der Waals surface area contributed by atoms with Crippen LogP contribution in [0.1, 0.15) is 17.5 Å². The number of rotatable bonds is 1. The second-order valence-corrected chi connectivity index (χ2v) is 4.25. The number of hydrogen-bond donors (Lipinski definition) is 5. The number of nitrogens with zero attached hydrogens (tertiary/aromatic N) is 1. The van der Waals surface area contributed by atoms with Crippen molar-refractivity contribution >= 4 is 5.82 Å². The molecule has 1 aliphatic heterocycles. The van der Waals surface area contributed by atoms with Crippen LogP contribution in [-0.2, 0) is 4.74 Å². The van der Waals surface area contributed by atoms with E-state index in [9.17, 15) is 20.1 Å².